The minimum absolute atomic E-state index is 0.106. The monoisotopic (exact) mass is 352 g/mol. The molecular formula is C17H28N4O4. The van der Waals surface area contributed by atoms with Crippen LogP contribution in [-0.4, -0.2) is 66.3 Å². The van der Waals surface area contributed by atoms with Crippen molar-refractivity contribution in [3.05, 3.63) is 0 Å². The molecule has 0 aliphatic carbocycles. The molecule has 2 aliphatic heterocycles. The summed E-state index contributed by atoms with van der Waals surface area (Å²) in [6.07, 6.45) is 3.37. The van der Waals surface area contributed by atoms with Crippen LogP contribution in [0.5, 0.6) is 0 Å². The maximum absolute atomic E-state index is 12.2. The predicted molar refractivity (Wildman–Crippen MR) is 93.3 cm³/mol. The van der Waals surface area contributed by atoms with Crippen LogP contribution < -0.4 is 10.6 Å². The number of carbonyl (C=O) groups is 3. The smallest absolute Gasteiger partial charge is 0.308 e. The SMILES string of the molecule is CC(CNC(=O)C1CCN(C(=O)CCCC2=NCCN2)CC1)C(=O)O. The molecule has 1 unspecified atom stereocenters. The number of piperidine rings is 1. The summed E-state index contributed by atoms with van der Waals surface area (Å²) >= 11 is 0. The van der Waals surface area contributed by atoms with Crippen LogP contribution >= 0.6 is 0 Å². The van der Waals surface area contributed by atoms with Gasteiger partial charge in [0.05, 0.1) is 18.3 Å². The van der Waals surface area contributed by atoms with Gasteiger partial charge in [-0.15, -0.1) is 0 Å². The molecule has 0 aromatic rings. The highest BCUT2D eigenvalue weighted by atomic mass is 16.4. The minimum atomic E-state index is -0.917. The van der Waals surface area contributed by atoms with Crippen molar-refractivity contribution in [2.45, 2.75) is 39.0 Å². The molecule has 2 amide bonds. The standard InChI is InChI=1S/C17H28N4O4/c1-12(17(24)25)11-20-16(23)13-5-9-21(10-6-13)15(22)4-2-3-14-18-7-8-19-14/h12-13H,2-11H2,1H3,(H,18,19)(H,20,23)(H,24,25). The lowest BCUT2D eigenvalue weighted by Crippen LogP contribution is -2.44. The van der Waals surface area contributed by atoms with Crippen LogP contribution in [0.3, 0.4) is 0 Å². The largest absolute Gasteiger partial charge is 0.481 e. The van der Waals surface area contributed by atoms with Gasteiger partial charge in [0.15, 0.2) is 0 Å². The van der Waals surface area contributed by atoms with Gasteiger partial charge < -0.3 is 20.6 Å². The number of carbonyl (C=O) groups excluding carboxylic acids is 2. The third kappa shape index (κ3) is 6.03. The molecule has 2 aliphatic rings. The van der Waals surface area contributed by atoms with E-state index in [1.807, 2.05) is 4.90 Å². The van der Waals surface area contributed by atoms with Crippen molar-refractivity contribution < 1.29 is 19.5 Å². The van der Waals surface area contributed by atoms with Crippen molar-refractivity contribution in [3.8, 4) is 0 Å². The molecule has 25 heavy (non-hydrogen) atoms. The highest BCUT2D eigenvalue weighted by Crippen LogP contribution is 2.18. The van der Waals surface area contributed by atoms with Gasteiger partial charge >= 0.3 is 5.97 Å². The molecule has 0 aromatic heterocycles. The van der Waals surface area contributed by atoms with Crippen LogP contribution in [0, 0.1) is 11.8 Å². The Morgan fingerprint density at radius 1 is 1.36 bits per heavy atom. The van der Waals surface area contributed by atoms with Crippen LogP contribution in [0.2, 0.25) is 0 Å². The van der Waals surface area contributed by atoms with E-state index in [0.29, 0.717) is 32.4 Å². The first kappa shape index (κ1) is 19.2. The van der Waals surface area contributed by atoms with E-state index in [9.17, 15) is 14.4 Å². The van der Waals surface area contributed by atoms with E-state index in [1.165, 1.54) is 0 Å². The molecule has 0 aromatic carbocycles. The number of carboxylic acid groups (broad SMARTS) is 1. The first-order valence-corrected chi connectivity index (χ1v) is 9.03. The van der Waals surface area contributed by atoms with Gasteiger partial charge in [0.2, 0.25) is 11.8 Å². The van der Waals surface area contributed by atoms with Crippen molar-refractivity contribution >= 4 is 23.6 Å². The van der Waals surface area contributed by atoms with E-state index in [2.05, 4.69) is 15.6 Å². The number of aliphatic imine (C=N–C) groups is 1. The quantitative estimate of drug-likeness (QED) is 0.579. The Hall–Kier alpha value is -2.12. The Labute approximate surface area is 148 Å². The number of amides is 2. The lowest BCUT2D eigenvalue weighted by atomic mass is 9.95. The average molecular weight is 352 g/mol. The van der Waals surface area contributed by atoms with Gasteiger partial charge in [-0.2, -0.15) is 0 Å². The molecule has 2 rings (SSSR count). The highest BCUT2D eigenvalue weighted by molar-refractivity contribution is 5.84. The molecule has 1 atom stereocenters. The third-order valence-corrected chi connectivity index (χ3v) is 4.77. The molecule has 1 fully saturated rings. The molecule has 0 spiro atoms. The third-order valence-electron chi connectivity index (χ3n) is 4.77. The zero-order valence-corrected chi connectivity index (χ0v) is 14.8. The van der Waals surface area contributed by atoms with Gasteiger partial charge in [-0.1, -0.05) is 6.92 Å². The second-order valence-electron chi connectivity index (χ2n) is 6.75. The fourth-order valence-corrected chi connectivity index (χ4v) is 3.06. The minimum Gasteiger partial charge on any atom is -0.481 e. The number of hydrogen-bond acceptors (Lipinski definition) is 5. The average Bonchev–Trinajstić information content (AvgIpc) is 3.12. The van der Waals surface area contributed by atoms with Gasteiger partial charge in [-0.05, 0) is 19.3 Å². The molecule has 8 nitrogen and oxygen atoms in total. The van der Waals surface area contributed by atoms with Gasteiger partial charge in [0.1, 0.15) is 0 Å². The maximum atomic E-state index is 12.2. The summed E-state index contributed by atoms with van der Waals surface area (Å²) in [5, 5.41) is 14.7. The number of rotatable bonds is 8. The van der Waals surface area contributed by atoms with E-state index >= 15 is 0 Å². The molecule has 0 bridgehead atoms. The number of amidine groups is 1. The van der Waals surface area contributed by atoms with Crippen LogP contribution in [0.15, 0.2) is 4.99 Å². The Morgan fingerprint density at radius 2 is 2.08 bits per heavy atom. The van der Waals surface area contributed by atoms with Gasteiger partial charge in [-0.25, -0.2) is 0 Å². The number of aliphatic carboxylic acids is 1. The molecule has 8 heteroatoms. The van der Waals surface area contributed by atoms with Crippen molar-refractivity contribution in [1.29, 1.82) is 0 Å². The highest BCUT2D eigenvalue weighted by Gasteiger charge is 2.27. The normalized spacial score (nSPS) is 19.1. The number of carboxylic acids is 1. The summed E-state index contributed by atoms with van der Waals surface area (Å²) in [6.45, 7) is 4.60. The van der Waals surface area contributed by atoms with Crippen molar-refractivity contribution in [1.82, 2.24) is 15.5 Å². The summed E-state index contributed by atoms with van der Waals surface area (Å²) < 4.78 is 0. The number of nitrogens with one attached hydrogen (secondary N) is 2. The first-order valence-electron chi connectivity index (χ1n) is 9.03. The maximum Gasteiger partial charge on any atom is 0.308 e. The van der Waals surface area contributed by atoms with Crippen molar-refractivity contribution in [2.75, 3.05) is 32.7 Å². The first-order chi connectivity index (χ1) is 12.0. The fraction of sp³-hybridized carbons (Fsp3) is 0.765. The summed E-state index contributed by atoms with van der Waals surface area (Å²) in [4.78, 5) is 41.2. The Balaban J connectivity index is 1.63. The van der Waals surface area contributed by atoms with Crippen LogP contribution in [-0.2, 0) is 14.4 Å². The number of hydrogen-bond donors (Lipinski definition) is 3. The van der Waals surface area contributed by atoms with E-state index in [4.69, 9.17) is 5.11 Å². The Kier molecular flexibility index (Phi) is 7.21. The molecule has 0 radical (unpaired) electrons. The van der Waals surface area contributed by atoms with Crippen LogP contribution in [0.4, 0.5) is 0 Å². The van der Waals surface area contributed by atoms with E-state index in [0.717, 1.165) is 31.8 Å². The van der Waals surface area contributed by atoms with Crippen molar-refractivity contribution in [2.24, 2.45) is 16.8 Å². The number of nitrogens with zero attached hydrogens (tertiary/aromatic N) is 2. The Bertz CT molecular complexity index is 527. The zero-order chi connectivity index (χ0) is 18.2. The second kappa shape index (κ2) is 9.39. The Morgan fingerprint density at radius 3 is 2.68 bits per heavy atom. The topological polar surface area (TPSA) is 111 Å². The molecule has 0 saturated carbocycles. The molecule has 2 heterocycles. The molecule has 140 valence electrons. The van der Waals surface area contributed by atoms with Gasteiger partial charge in [-0.3, -0.25) is 19.4 Å². The summed E-state index contributed by atoms with van der Waals surface area (Å²) in [5.74, 6) is -0.618. The van der Waals surface area contributed by atoms with Gasteiger partial charge in [0.25, 0.3) is 0 Å². The van der Waals surface area contributed by atoms with Gasteiger partial charge in [0, 0.05) is 44.9 Å². The zero-order valence-electron chi connectivity index (χ0n) is 14.8. The summed E-state index contributed by atoms with van der Waals surface area (Å²) in [5.41, 5.74) is 0. The number of likely N-dealkylation sites (tertiary alicyclic amines) is 1. The second-order valence-corrected chi connectivity index (χ2v) is 6.75. The fourth-order valence-electron chi connectivity index (χ4n) is 3.06. The molecule has 1 saturated heterocycles. The van der Waals surface area contributed by atoms with E-state index < -0.39 is 11.9 Å². The van der Waals surface area contributed by atoms with Crippen LogP contribution in [0.25, 0.3) is 0 Å². The molecular weight excluding hydrogens is 324 g/mol. The summed E-state index contributed by atoms with van der Waals surface area (Å²) in [6, 6.07) is 0. The lowest BCUT2D eigenvalue weighted by Gasteiger charge is -2.31. The van der Waals surface area contributed by atoms with Crippen molar-refractivity contribution in [3.63, 3.8) is 0 Å². The van der Waals surface area contributed by atoms with E-state index in [1.54, 1.807) is 6.92 Å². The van der Waals surface area contributed by atoms with E-state index in [-0.39, 0.29) is 24.3 Å². The molecule has 3 N–H and O–H groups in total. The lowest BCUT2D eigenvalue weighted by molar-refractivity contribution is -0.141. The predicted octanol–water partition coefficient (Wildman–Crippen LogP) is 0.234. The summed E-state index contributed by atoms with van der Waals surface area (Å²) in [7, 11) is 0. The van der Waals surface area contributed by atoms with Crippen LogP contribution in [0.1, 0.15) is 39.0 Å².